The number of nitriles is 1. The molecule has 2 rings (SSSR count). The van der Waals surface area contributed by atoms with Gasteiger partial charge in [-0.25, -0.2) is 0 Å². The van der Waals surface area contributed by atoms with Gasteiger partial charge < -0.3 is 9.67 Å². The monoisotopic (exact) mass is 319 g/mol. The van der Waals surface area contributed by atoms with Crippen molar-refractivity contribution in [1.82, 2.24) is 14.8 Å². The number of nitro groups is 1. The number of benzene rings is 1. The summed E-state index contributed by atoms with van der Waals surface area (Å²) in [5.74, 6) is 0.417. The van der Waals surface area contributed by atoms with E-state index in [0.717, 1.165) is 18.2 Å². The summed E-state index contributed by atoms with van der Waals surface area (Å²) < 4.78 is 1.73. The highest BCUT2D eigenvalue weighted by Crippen LogP contribution is 2.34. The molecule has 2 aromatic rings. The molecule has 8 nitrogen and oxygen atoms in total. The number of nitrogens with zero attached hydrogens (tertiary/aromatic N) is 5. The van der Waals surface area contributed by atoms with Gasteiger partial charge in [0.25, 0.3) is 5.69 Å². The van der Waals surface area contributed by atoms with Gasteiger partial charge in [-0.1, -0.05) is 6.92 Å². The van der Waals surface area contributed by atoms with Gasteiger partial charge >= 0.3 is 0 Å². The Labute approximate surface area is 130 Å². The van der Waals surface area contributed by atoms with Gasteiger partial charge in [0.15, 0.2) is 11.0 Å². The smallest absolute Gasteiger partial charge is 0.284 e. The van der Waals surface area contributed by atoms with E-state index in [1.165, 1.54) is 18.2 Å². The zero-order valence-corrected chi connectivity index (χ0v) is 12.6. The van der Waals surface area contributed by atoms with Crippen LogP contribution in [0.4, 0.5) is 5.69 Å². The minimum atomic E-state index is -0.531. The maximum atomic E-state index is 11.2. The summed E-state index contributed by atoms with van der Waals surface area (Å²) in [4.78, 5) is 11.0. The highest BCUT2D eigenvalue weighted by Gasteiger charge is 2.19. The molecule has 0 saturated carbocycles. The zero-order valence-electron chi connectivity index (χ0n) is 11.8. The lowest BCUT2D eigenvalue weighted by molar-refractivity contribution is -0.387. The molecular formula is C13H13N5O3S. The van der Waals surface area contributed by atoms with Gasteiger partial charge in [-0.2, -0.15) is 5.26 Å². The SMILES string of the molecule is CCCn1c(CO)nnc1Sc1ccc(C#N)cc1[N+](=O)[O-]. The van der Waals surface area contributed by atoms with Crippen LogP contribution in [0.3, 0.4) is 0 Å². The number of nitro benzene ring substituents is 1. The third-order valence-corrected chi connectivity index (χ3v) is 3.92. The summed E-state index contributed by atoms with van der Waals surface area (Å²) in [6.45, 7) is 2.33. The molecule has 0 saturated heterocycles. The first-order valence-corrected chi connectivity index (χ1v) is 7.31. The van der Waals surface area contributed by atoms with Crippen LogP contribution in [0.1, 0.15) is 24.7 Å². The fraction of sp³-hybridized carbons (Fsp3) is 0.308. The molecule has 1 heterocycles. The highest BCUT2D eigenvalue weighted by atomic mass is 32.2. The molecule has 9 heteroatoms. The standard InChI is InChI=1S/C13H13N5O3S/c1-2-5-17-12(8-19)15-16-13(17)22-11-4-3-9(7-14)6-10(11)18(20)21/h3-4,6,19H,2,5,8H2,1H3. The van der Waals surface area contributed by atoms with Crippen LogP contribution in [0.25, 0.3) is 0 Å². The first kappa shape index (κ1) is 15.9. The topological polar surface area (TPSA) is 118 Å². The van der Waals surface area contributed by atoms with Crippen molar-refractivity contribution in [3.63, 3.8) is 0 Å². The Morgan fingerprint density at radius 2 is 2.27 bits per heavy atom. The molecule has 22 heavy (non-hydrogen) atoms. The quantitative estimate of drug-likeness (QED) is 0.639. The number of hydrogen-bond acceptors (Lipinski definition) is 7. The van der Waals surface area contributed by atoms with Gasteiger partial charge in [0.2, 0.25) is 0 Å². The van der Waals surface area contributed by atoms with E-state index in [4.69, 9.17) is 5.26 Å². The van der Waals surface area contributed by atoms with Crippen LogP contribution in [-0.4, -0.2) is 24.8 Å². The van der Waals surface area contributed by atoms with Crippen LogP contribution in [0.2, 0.25) is 0 Å². The third kappa shape index (κ3) is 3.24. The van der Waals surface area contributed by atoms with E-state index >= 15 is 0 Å². The van der Waals surface area contributed by atoms with E-state index in [0.29, 0.717) is 22.4 Å². The first-order chi connectivity index (χ1) is 10.6. The lowest BCUT2D eigenvalue weighted by Gasteiger charge is -2.07. The normalized spacial score (nSPS) is 10.4. The lowest BCUT2D eigenvalue weighted by atomic mass is 10.2. The van der Waals surface area contributed by atoms with Crippen molar-refractivity contribution in [2.45, 2.75) is 36.5 Å². The van der Waals surface area contributed by atoms with Crippen LogP contribution in [0.15, 0.2) is 28.3 Å². The average Bonchev–Trinajstić information content (AvgIpc) is 2.90. The summed E-state index contributed by atoms with van der Waals surface area (Å²) in [5, 5.41) is 37.6. The van der Waals surface area contributed by atoms with Gasteiger partial charge in [-0.3, -0.25) is 10.1 Å². The van der Waals surface area contributed by atoms with Crippen molar-refractivity contribution in [1.29, 1.82) is 5.26 Å². The number of rotatable bonds is 6. The Hall–Kier alpha value is -2.44. The largest absolute Gasteiger partial charge is 0.388 e. The molecule has 0 atom stereocenters. The molecule has 0 unspecified atom stereocenters. The minimum absolute atomic E-state index is 0.152. The molecule has 1 aromatic heterocycles. The maximum absolute atomic E-state index is 11.2. The van der Waals surface area contributed by atoms with Gasteiger partial charge in [0, 0.05) is 12.6 Å². The minimum Gasteiger partial charge on any atom is -0.388 e. The summed E-state index contributed by atoms with van der Waals surface area (Å²) in [6.07, 6.45) is 0.814. The Bertz CT molecular complexity index is 738. The molecule has 1 aromatic carbocycles. The van der Waals surface area contributed by atoms with Gasteiger partial charge in [-0.15, -0.1) is 10.2 Å². The number of aliphatic hydroxyl groups excluding tert-OH is 1. The van der Waals surface area contributed by atoms with E-state index in [2.05, 4.69) is 10.2 Å². The van der Waals surface area contributed by atoms with Crippen LogP contribution in [-0.2, 0) is 13.2 Å². The molecule has 0 amide bonds. The van der Waals surface area contributed by atoms with E-state index in [-0.39, 0.29) is 17.9 Å². The van der Waals surface area contributed by atoms with E-state index in [1.807, 2.05) is 13.0 Å². The predicted molar refractivity (Wildman–Crippen MR) is 78.2 cm³/mol. The molecule has 0 radical (unpaired) electrons. The van der Waals surface area contributed by atoms with Crippen LogP contribution >= 0.6 is 11.8 Å². The van der Waals surface area contributed by atoms with Crippen molar-refractivity contribution in [3.8, 4) is 6.07 Å². The molecule has 0 spiro atoms. The fourth-order valence-electron chi connectivity index (χ4n) is 1.87. The van der Waals surface area contributed by atoms with Crippen molar-refractivity contribution in [3.05, 3.63) is 39.7 Å². The van der Waals surface area contributed by atoms with Crippen molar-refractivity contribution in [2.24, 2.45) is 0 Å². The highest BCUT2D eigenvalue weighted by molar-refractivity contribution is 7.99. The van der Waals surface area contributed by atoms with Crippen LogP contribution in [0, 0.1) is 21.4 Å². The Kier molecular flexibility index (Phi) is 5.08. The summed E-state index contributed by atoms with van der Waals surface area (Å²) in [5.41, 5.74) is 0.0720. The van der Waals surface area contributed by atoms with Gasteiger partial charge in [0.1, 0.15) is 6.61 Å². The summed E-state index contributed by atoms with van der Waals surface area (Å²) >= 11 is 1.09. The molecule has 0 bridgehead atoms. The fourth-order valence-corrected chi connectivity index (χ4v) is 2.83. The molecule has 114 valence electrons. The maximum Gasteiger partial charge on any atom is 0.284 e. The predicted octanol–water partition coefficient (Wildman–Crippen LogP) is 2.11. The summed E-state index contributed by atoms with van der Waals surface area (Å²) in [6, 6.07) is 6.15. The summed E-state index contributed by atoms with van der Waals surface area (Å²) in [7, 11) is 0. The lowest BCUT2D eigenvalue weighted by Crippen LogP contribution is -2.04. The second-order valence-electron chi connectivity index (χ2n) is 4.36. The second-order valence-corrected chi connectivity index (χ2v) is 5.37. The van der Waals surface area contributed by atoms with Crippen molar-refractivity contribution in [2.75, 3.05) is 0 Å². The van der Waals surface area contributed by atoms with E-state index in [1.54, 1.807) is 4.57 Å². The first-order valence-electron chi connectivity index (χ1n) is 6.50. The Morgan fingerprint density at radius 1 is 1.50 bits per heavy atom. The molecule has 0 aliphatic carbocycles. The van der Waals surface area contributed by atoms with E-state index in [9.17, 15) is 15.2 Å². The van der Waals surface area contributed by atoms with Gasteiger partial charge in [-0.05, 0) is 30.3 Å². The van der Waals surface area contributed by atoms with Gasteiger partial charge in [0.05, 0.1) is 21.5 Å². The number of hydrogen-bond donors (Lipinski definition) is 1. The Morgan fingerprint density at radius 3 is 2.86 bits per heavy atom. The zero-order chi connectivity index (χ0) is 16.1. The van der Waals surface area contributed by atoms with Crippen molar-refractivity contribution >= 4 is 17.4 Å². The molecule has 0 aliphatic rings. The molecule has 1 N–H and O–H groups in total. The van der Waals surface area contributed by atoms with E-state index < -0.39 is 4.92 Å². The van der Waals surface area contributed by atoms with Crippen LogP contribution < -0.4 is 0 Å². The van der Waals surface area contributed by atoms with Crippen LogP contribution in [0.5, 0.6) is 0 Å². The number of aliphatic hydroxyl groups is 1. The molecule has 0 fully saturated rings. The Balaban J connectivity index is 2.41. The average molecular weight is 319 g/mol. The second kappa shape index (κ2) is 7.02. The third-order valence-electron chi connectivity index (χ3n) is 2.87. The number of aromatic nitrogens is 3. The molecule has 0 aliphatic heterocycles. The van der Waals surface area contributed by atoms with Crippen molar-refractivity contribution < 1.29 is 10.0 Å². The molecular weight excluding hydrogens is 306 g/mol.